The molecule has 1 aromatic carbocycles. The molecule has 1 saturated heterocycles. The van der Waals surface area contributed by atoms with Gasteiger partial charge in [0.1, 0.15) is 6.04 Å². The van der Waals surface area contributed by atoms with E-state index < -0.39 is 29.7 Å². The molecular weight excluding hydrogens is 406 g/mol. The molecule has 3 aliphatic rings. The highest BCUT2D eigenvalue weighted by Gasteiger charge is 2.45. The van der Waals surface area contributed by atoms with Crippen LogP contribution in [0.15, 0.2) is 23.6 Å². The number of piperidine rings is 1. The van der Waals surface area contributed by atoms with E-state index in [1.807, 2.05) is 5.38 Å². The summed E-state index contributed by atoms with van der Waals surface area (Å²) < 4.78 is 0. The van der Waals surface area contributed by atoms with E-state index in [9.17, 15) is 19.2 Å². The summed E-state index contributed by atoms with van der Waals surface area (Å²) in [7, 11) is 0. The maximum absolute atomic E-state index is 13.1. The first-order valence-electron chi connectivity index (χ1n) is 9.70. The molecule has 0 bridgehead atoms. The van der Waals surface area contributed by atoms with Gasteiger partial charge < -0.3 is 11.1 Å². The highest BCUT2D eigenvalue weighted by atomic mass is 32.1. The van der Waals surface area contributed by atoms with Crippen LogP contribution in [-0.2, 0) is 21.7 Å². The molecule has 10 heteroatoms. The van der Waals surface area contributed by atoms with Crippen LogP contribution >= 0.6 is 11.3 Å². The number of hydrogen-bond donors (Lipinski definition) is 3. The van der Waals surface area contributed by atoms with Gasteiger partial charge in [-0.15, -0.1) is 11.3 Å². The van der Waals surface area contributed by atoms with Crippen LogP contribution in [0, 0.1) is 0 Å². The smallest absolute Gasteiger partial charge is 0.262 e. The number of hydrogen-bond acceptors (Lipinski definition) is 8. The second-order valence-corrected chi connectivity index (χ2v) is 8.69. The second kappa shape index (κ2) is 6.71. The first kappa shape index (κ1) is 18.9. The van der Waals surface area contributed by atoms with Crippen molar-refractivity contribution in [2.75, 3.05) is 5.32 Å². The average molecular weight is 425 g/mol. The zero-order chi connectivity index (χ0) is 21.0. The van der Waals surface area contributed by atoms with Crippen LogP contribution in [0.5, 0.6) is 0 Å². The molecule has 0 spiro atoms. The van der Waals surface area contributed by atoms with E-state index in [4.69, 9.17) is 5.73 Å². The summed E-state index contributed by atoms with van der Waals surface area (Å²) in [5.74, 6) is -2.04. The van der Waals surface area contributed by atoms with Crippen molar-refractivity contribution in [2.45, 2.75) is 43.8 Å². The fourth-order valence-corrected chi connectivity index (χ4v) is 4.69. The Morgan fingerprint density at radius 3 is 2.77 bits per heavy atom. The standard InChI is InChI=1S/C20H19N5O4S/c21-20(6-7-20)13-9-30-19(23-13)22-8-10-2-1-3-11-15(10)18(29)25(17(11)28)12-4-5-14(26)24-16(12)27/h1-3,9,12H,4-8,21H2,(H,22,23)(H,24,26,27). The van der Waals surface area contributed by atoms with E-state index in [0.717, 1.165) is 23.4 Å². The lowest BCUT2D eigenvalue weighted by Gasteiger charge is -2.27. The summed E-state index contributed by atoms with van der Waals surface area (Å²) in [6, 6.07) is 4.08. The molecule has 1 atom stereocenters. The van der Waals surface area contributed by atoms with Crippen molar-refractivity contribution >= 4 is 40.1 Å². The SMILES string of the molecule is NC1(c2csc(NCc3cccc4c3C(=O)N(C3CCC(=O)NC3=O)C4=O)n2)CC1. The number of rotatable bonds is 5. The van der Waals surface area contributed by atoms with Gasteiger partial charge in [-0.1, -0.05) is 12.1 Å². The third-order valence-corrected chi connectivity index (χ3v) is 6.59. The second-order valence-electron chi connectivity index (χ2n) is 7.83. The molecule has 1 saturated carbocycles. The molecule has 0 radical (unpaired) electrons. The van der Waals surface area contributed by atoms with Gasteiger partial charge in [-0.05, 0) is 30.9 Å². The van der Waals surface area contributed by atoms with Gasteiger partial charge >= 0.3 is 0 Å². The molecule has 2 fully saturated rings. The summed E-state index contributed by atoms with van der Waals surface area (Å²) in [5.41, 5.74) is 7.93. The van der Waals surface area contributed by atoms with E-state index in [1.54, 1.807) is 18.2 Å². The van der Waals surface area contributed by atoms with Crippen LogP contribution in [0.4, 0.5) is 5.13 Å². The number of nitrogens with zero attached hydrogens (tertiary/aromatic N) is 2. The molecule has 4 N–H and O–H groups in total. The number of aromatic nitrogens is 1. The monoisotopic (exact) mass is 425 g/mol. The van der Waals surface area contributed by atoms with Crippen molar-refractivity contribution in [3.8, 4) is 0 Å². The van der Waals surface area contributed by atoms with E-state index in [-0.39, 0.29) is 29.5 Å². The van der Waals surface area contributed by atoms with Crippen LogP contribution in [0.3, 0.4) is 0 Å². The van der Waals surface area contributed by atoms with Crippen LogP contribution in [0.1, 0.15) is 57.7 Å². The summed E-state index contributed by atoms with van der Waals surface area (Å²) >= 11 is 1.44. The molecule has 9 nitrogen and oxygen atoms in total. The molecule has 4 amide bonds. The number of benzene rings is 1. The van der Waals surface area contributed by atoms with Crippen LogP contribution in [0.25, 0.3) is 0 Å². The summed E-state index contributed by atoms with van der Waals surface area (Å²) in [4.78, 5) is 55.1. The number of anilines is 1. The van der Waals surface area contributed by atoms with Crippen molar-refractivity contribution < 1.29 is 19.2 Å². The number of amides is 4. The lowest BCUT2D eigenvalue weighted by atomic mass is 10.0. The van der Waals surface area contributed by atoms with Gasteiger partial charge in [0.2, 0.25) is 11.8 Å². The van der Waals surface area contributed by atoms with E-state index >= 15 is 0 Å². The van der Waals surface area contributed by atoms with Gasteiger partial charge in [-0.2, -0.15) is 0 Å². The van der Waals surface area contributed by atoms with Gasteiger partial charge in [0.05, 0.1) is 22.4 Å². The minimum Gasteiger partial charge on any atom is -0.357 e. The number of fused-ring (bicyclic) bond motifs is 1. The van der Waals surface area contributed by atoms with Gasteiger partial charge in [0.25, 0.3) is 11.8 Å². The maximum atomic E-state index is 13.1. The van der Waals surface area contributed by atoms with Crippen LogP contribution < -0.4 is 16.4 Å². The van der Waals surface area contributed by atoms with E-state index in [0.29, 0.717) is 17.2 Å². The van der Waals surface area contributed by atoms with Gasteiger partial charge in [0, 0.05) is 18.3 Å². The summed E-state index contributed by atoms with van der Waals surface area (Å²) in [6.45, 7) is 0.301. The van der Waals surface area contributed by atoms with Crippen molar-refractivity contribution in [1.29, 1.82) is 0 Å². The zero-order valence-electron chi connectivity index (χ0n) is 15.9. The number of carbonyl (C=O) groups is 4. The number of nitrogens with one attached hydrogen (secondary N) is 2. The topological polar surface area (TPSA) is 134 Å². The molecule has 2 aromatic rings. The van der Waals surface area contributed by atoms with Crippen molar-refractivity contribution in [3.05, 3.63) is 46.0 Å². The first-order valence-corrected chi connectivity index (χ1v) is 10.6. The molecule has 3 heterocycles. The van der Waals surface area contributed by atoms with E-state index in [1.165, 1.54) is 11.3 Å². The number of imide groups is 2. The minimum absolute atomic E-state index is 0.0905. The molecule has 1 aliphatic carbocycles. The predicted molar refractivity (Wildman–Crippen MR) is 108 cm³/mol. The fraction of sp³-hybridized carbons (Fsp3) is 0.350. The van der Waals surface area contributed by atoms with Crippen LogP contribution in [0.2, 0.25) is 0 Å². The highest BCUT2D eigenvalue weighted by Crippen LogP contribution is 2.43. The molecule has 30 heavy (non-hydrogen) atoms. The normalized spacial score (nSPS) is 22.2. The van der Waals surface area contributed by atoms with Crippen LogP contribution in [-0.4, -0.2) is 39.6 Å². The Morgan fingerprint density at radius 2 is 2.03 bits per heavy atom. The van der Waals surface area contributed by atoms with Crippen molar-refractivity contribution in [3.63, 3.8) is 0 Å². The lowest BCUT2D eigenvalue weighted by molar-refractivity contribution is -0.136. The first-order chi connectivity index (χ1) is 14.4. The Morgan fingerprint density at radius 1 is 1.23 bits per heavy atom. The number of nitrogens with two attached hydrogens (primary N) is 1. The maximum Gasteiger partial charge on any atom is 0.262 e. The van der Waals surface area contributed by atoms with Gasteiger partial charge in [-0.25, -0.2) is 4.98 Å². The molecule has 1 unspecified atom stereocenters. The minimum atomic E-state index is -0.975. The molecular formula is C20H19N5O4S. The Labute approximate surface area is 175 Å². The average Bonchev–Trinajstić information content (AvgIpc) is 3.19. The highest BCUT2D eigenvalue weighted by molar-refractivity contribution is 7.13. The largest absolute Gasteiger partial charge is 0.357 e. The molecule has 5 rings (SSSR count). The Bertz CT molecular complexity index is 1110. The van der Waals surface area contributed by atoms with Gasteiger partial charge in [-0.3, -0.25) is 29.4 Å². The third kappa shape index (κ3) is 2.99. The zero-order valence-corrected chi connectivity index (χ0v) is 16.8. The fourth-order valence-electron chi connectivity index (χ4n) is 3.88. The summed E-state index contributed by atoms with van der Waals surface area (Å²) in [6.07, 6.45) is 2.07. The molecule has 2 aliphatic heterocycles. The Hall–Kier alpha value is -3.11. The number of carbonyl (C=O) groups excluding carboxylic acids is 4. The van der Waals surface area contributed by atoms with Crippen molar-refractivity contribution in [2.24, 2.45) is 5.73 Å². The van der Waals surface area contributed by atoms with E-state index in [2.05, 4.69) is 15.6 Å². The Balaban J connectivity index is 1.37. The predicted octanol–water partition coefficient (Wildman–Crippen LogP) is 1.10. The lowest BCUT2D eigenvalue weighted by Crippen LogP contribution is -2.54. The quantitative estimate of drug-likeness (QED) is 0.611. The van der Waals surface area contributed by atoms with Crippen molar-refractivity contribution in [1.82, 2.24) is 15.2 Å². The van der Waals surface area contributed by atoms with Gasteiger partial charge in [0.15, 0.2) is 5.13 Å². The number of thiazole rings is 1. The molecule has 1 aromatic heterocycles. The third-order valence-electron chi connectivity index (χ3n) is 5.79. The summed E-state index contributed by atoms with van der Waals surface area (Å²) in [5, 5.41) is 8.03. The Kier molecular flexibility index (Phi) is 4.23. The molecule has 154 valence electrons.